The van der Waals surface area contributed by atoms with Gasteiger partial charge >= 0.3 is 0 Å². The van der Waals surface area contributed by atoms with Crippen LogP contribution in [0.15, 0.2) is 0 Å². The van der Waals surface area contributed by atoms with E-state index in [-0.39, 0.29) is 11.4 Å². The van der Waals surface area contributed by atoms with Crippen molar-refractivity contribution in [2.24, 2.45) is 5.92 Å². The van der Waals surface area contributed by atoms with E-state index < -0.39 is 0 Å². The molecule has 3 nitrogen and oxygen atoms in total. The Morgan fingerprint density at radius 1 is 1.78 bits per heavy atom. The van der Waals surface area contributed by atoms with Gasteiger partial charge < -0.3 is 5.32 Å². The summed E-state index contributed by atoms with van der Waals surface area (Å²) in [6.07, 6.45) is 1.01. The van der Waals surface area contributed by atoms with Crippen LogP contribution in [0.4, 0.5) is 0 Å². The summed E-state index contributed by atoms with van der Waals surface area (Å²) in [5.41, 5.74) is -0.139. The molecule has 0 aromatic carbocycles. The van der Waals surface area contributed by atoms with Gasteiger partial charge in [0, 0.05) is 0 Å². The van der Waals surface area contributed by atoms with Crippen molar-refractivity contribution < 1.29 is 4.79 Å². The molecule has 2 N–H and O–H groups in total. The van der Waals surface area contributed by atoms with E-state index in [1.807, 2.05) is 0 Å². The Bertz CT molecular complexity index is 168. The largest absolute Gasteiger partial charge is 0.342 e. The molecule has 1 saturated carbocycles. The van der Waals surface area contributed by atoms with Crippen molar-refractivity contribution in [1.82, 2.24) is 10.6 Å². The summed E-state index contributed by atoms with van der Waals surface area (Å²) in [5.74, 6) is 0.731. The van der Waals surface area contributed by atoms with Gasteiger partial charge in [0.1, 0.15) is 5.54 Å². The van der Waals surface area contributed by atoms with E-state index in [1.54, 1.807) is 0 Å². The van der Waals surface area contributed by atoms with Gasteiger partial charge in [0.05, 0.1) is 6.67 Å². The SMILES string of the molecule is CC1CC12NCNC2=O. The molecule has 1 aliphatic carbocycles. The van der Waals surface area contributed by atoms with Crippen LogP contribution in [0.1, 0.15) is 13.3 Å². The predicted molar refractivity (Wildman–Crippen MR) is 32.7 cm³/mol. The number of carbonyl (C=O) groups excluding carboxylic acids is 1. The van der Waals surface area contributed by atoms with E-state index in [2.05, 4.69) is 17.6 Å². The molecule has 1 heterocycles. The summed E-state index contributed by atoms with van der Waals surface area (Å²) in [6, 6.07) is 0. The lowest BCUT2D eigenvalue weighted by atomic mass is 10.2. The second-order valence-electron chi connectivity index (χ2n) is 2.94. The van der Waals surface area contributed by atoms with Crippen molar-refractivity contribution >= 4 is 5.91 Å². The fourth-order valence-corrected chi connectivity index (χ4v) is 1.51. The highest BCUT2D eigenvalue weighted by Gasteiger charge is 2.59. The normalized spacial score (nSPS) is 47.7. The highest BCUT2D eigenvalue weighted by atomic mass is 16.2. The van der Waals surface area contributed by atoms with Gasteiger partial charge in [-0.1, -0.05) is 6.92 Å². The smallest absolute Gasteiger partial charge is 0.241 e. The molecule has 1 saturated heterocycles. The first-order valence-electron chi connectivity index (χ1n) is 3.29. The number of rotatable bonds is 0. The second-order valence-corrected chi connectivity index (χ2v) is 2.94. The third-order valence-corrected chi connectivity index (χ3v) is 2.37. The molecule has 2 atom stereocenters. The van der Waals surface area contributed by atoms with Crippen molar-refractivity contribution in [2.45, 2.75) is 18.9 Å². The Morgan fingerprint density at radius 3 is 2.67 bits per heavy atom. The third-order valence-electron chi connectivity index (χ3n) is 2.37. The van der Waals surface area contributed by atoms with Crippen molar-refractivity contribution in [3.05, 3.63) is 0 Å². The van der Waals surface area contributed by atoms with Gasteiger partial charge in [-0.3, -0.25) is 10.1 Å². The lowest BCUT2D eigenvalue weighted by molar-refractivity contribution is -0.121. The zero-order valence-corrected chi connectivity index (χ0v) is 5.40. The lowest BCUT2D eigenvalue weighted by Gasteiger charge is -2.00. The van der Waals surface area contributed by atoms with Crippen LogP contribution in [0.25, 0.3) is 0 Å². The van der Waals surface area contributed by atoms with Crippen LogP contribution in [0.3, 0.4) is 0 Å². The van der Waals surface area contributed by atoms with Crippen LogP contribution < -0.4 is 10.6 Å². The van der Waals surface area contributed by atoms with E-state index in [9.17, 15) is 4.79 Å². The summed E-state index contributed by atoms with van der Waals surface area (Å²) in [4.78, 5) is 11.0. The number of nitrogens with one attached hydrogen (secondary N) is 2. The first-order chi connectivity index (χ1) is 4.26. The number of carbonyl (C=O) groups is 1. The van der Waals surface area contributed by atoms with Gasteiger partial charge in [0.25, 0.3) is 0 Å². The molecule has 0 bridgehead atoms. The summed E-state index contributed by atoms with van der Waals surface area (Å²) in [5, 5.41) is 5.90. The molecule has 9 heavy (non-hydrogen) atoms. The fraction of sp³-hybridized carbons (Fsp3) is 0.833. The Morgan fingerprint density at radius 2 is 2.44 bits per heavy atom. The van der Waals surface area contributed by atoms with Gasteiger partial charge in [-0.25, -0.2) is 0 Å². The van der Waals surface area contributed by atoms with Gasteiger partial charge in [0.15, 0.2) is 0 Å². The summed E-state index contributed by atoms with van der Waals surface area (Å²) in [7, 11) is 0. The molecule has 0 aromatic heterocycles. The minimum atomic E-state index is -0.139. The molecular formula is C6H10N2O. The predicted octanol–water partition coefficient (Wildman–Crippen LogP) is -0.558. The van der Waals surface area contributed by atoms with E-state index in [0.29, 0.717) is 12.6 Å². The molecule has 3 heteroatoms. The Labute approximate surface area is 53.8 Å². The highest BCUT2D eigenvalue weighted by Crippen LogP contribution is 2.44. The van der Waals surface area contributed by atoms with E-state index in [0.717, 1.165) is 6.42 Å². The van der Waals surface area contributed by atoms with Gasteiger partial charge in [-0.15, -0.1) is 0 Å². The van der Waals surface area contributed by atoms with Crippen LogP contribution in [-0.4, -0.2) is 18.1 Å². The van der Waals surface area contributed by atoms with Gasteiger partial charge in [-0.05, 0) is 12.3 Å². The maximum Gasteiger partial charge on any atom is 0.241 e. The zero-order chi connectivity index (χ0) is 6.48. The monoisotopic (exact) mass is 126 g/mol. The Hall–Kier alpha value is -0.570. The van der Waals surface area contributed by atoms with Crippen molar-refractivity contribution in [1.29, 1.82) is 0 Å². The maximum atomic E-state index is 11.0. The molecule has 1 aliphatic heterocycles. The topological polar surface area (TPSA) is 41.1 Å². The minimum Gasteiger partial charge on any atom is -0.342 e. The van der Waals surface area contributed by atoms with Crippen molar-refractivity contribution in [2.75, 3.05) is 6.67 Å². The molecule has 50 valence electrons. The third kappa shape index (κ3) is 0.477. The number of hydrogen-bond acceptors (Lipinski definition) is 2. The molecule has 0 aromatic rings. The quantitative estimate of drug-likeness (QED) is 0.457. The molecule has 2 aliphatic rings. The first kappa shape index (κ1) is 5.23. The highest BCUT2D eigenvalue weighted by molar-refractivity contribution is 5.91. The van der Waals surface area contributed by atoms with Crippen LogP contribution in [-0.2, 0) is 4.79 Å². The molecule has 2 rings (SSSR count). The average Bonchev–Trinajstić information content (AvgIpc) is 2.29. The Balaban J connectivity index is 2.21. The summed E-state index contributed by atoms with van der Waals surface area (Å²) in [6.45, 7) is 2.75. The van der Waals surface area contributed by atoms with Crippen LogP contribution in [0, 0.1) is 5.92 Å². The molecule has 2 fully saturated rings. The summed E-state index contributed by atoms with van der Waals surface area (Å²) < 4.78 is 0. The molecular weight excluding hydrogens is 116 g/mol. The Kier molecular flexibility index (Phi) is 0.750. The second kappa shape index (κ2) is 1.29. The van der Waals surface area contributed by atoms with Gasteiger partial charge in [-0.2, -0.15) is 0 Å². The van der Waals surface area contributed by atoms with Crippen molar-refractivity contribution in [3.63, 3.8) is 0 Å². The molecule has 1 spiro atoms. The molecule has 0 radical (unpaired) electrons. The lowest BCUT2D eigenvalue weighted by Crippen LogP contribution is -2.32. The van der Waals surface area contributed by atoms with E-state index in [1.165, 1.54) is 0 Å². The standard InChI is InChI=1S/C6H10N2O/c1-4-2-6(4)5(9)7-3-8-6/h4,8H,2-3H2,1H3,(H,7,9). The van der Waals surface area contributed by atoms with E-state index in [4.69, 9.17) is 0 Å². The average molecular weight is 126 g/mol. The first-order valence-corrected chi connectivity index (χ1v) is 3.29. The fourth-order valence-electron chi connectivity index (χ4n) is 1.51. The molecule has 1 amide bonds. The summed E-state index contributed by atoms with van der Waals surface area (Å²) >= 11 is 0. The number of hydrogen-bond donors (Lipinski definition) is 2. The number of amides is 1. The van der Waals surface area contributed by atoms with Crippen molar-refractivity contribution in [3.8, 4) is 0 Å². The van der Waals surface area contributed by atoms with Crippen LogP contribution in [0.5, 0.6) is 0 Å². The van der Waals surface area contributed by atoms with Crippen LogP contribution in [0.2, 0.25) is 0 Å². The molecule has 2 unspecified atom stereocenters. The van der Waals surface area contributed by atoms with E-state index >= 15 is 0 Å². The minimum absolute atomic E-state index is 0.139. The van der Waals surface area contributed by atoms with Crippen LogP contribution >= 0.6 is 0 Å². The zero-order valence-electron chi connectivity index (χ0n) is 5.40. The van der Waals surface area contributed by atoms with Gasteiger partial charge in [0.2, 0.25) is 5.91 Å². The maximum absolute atomic E-state index is 11.0.